The highest BCUT2D eigenvalue weighted by Gasteiger charge is 2.07. The number of hydrogen-bond donors (Lipinski definition) is 1. The Kier molecular flexibility index (Phi) is 7.76. The SMILES string of the molecule is CCCCC(CC)CNCc1cc(Br)c(Cl)s1. The van der Waals surface area contributed by atoms with Gasteiger partial charge in [0.25, 0.3) is 0 Å². The lowest BCUT2D eigenvalue weighted by Gasteiger charge is -2.14. The van der Waals surface area contributed by atoms with E-state index in [1.54, 1.807) is 11.3 Å². The van der Waals surface area contributed by atoms with Crippen molar-refractivity contribution in [2.45, 2.75) is 46.1 Å². The largest absolute Gasteiger partial charge is 0.312 e. The van der Waals surface area contributed by atoms with Gasteiger partial charge in [-0.1, -0.05) is 44.7 Å². The van der Waals surface area contributed by atoms with Crippen molar-refractivity contribution < 1.29 is 0 Å². The molecule has 4 heteroatoms. The third kappa shape index (κ3) is 5.73. The van der Waals surface area contributed by atoms with E-state index < -0.39 is 0 Å². The van der Waals surface area contributed by atoms with Crippen LogP contribution in [0.5, 0.6) is 0 Å². The van der Waals surface area contributed by atoms with Gasteiger partial charge in [-0.2, -0.15) is 0 Å². The summed E-state index contributed by atoms with van der Waals surface area (Å²) in [5, 5.41) is 3.53. The minimum absolute atomic E-state index is 0.814. The maximum atomic E-state index is 6.01. The Labute approximate surface area is 122 Å². The molecular formula is C13H21BrClNS. The van der Waals surface area contributed by atoms with E-state index in [-0.39, 0.29) is 0 Å². The van der Waals surface area contributed by atoms with Gasteiger partial charge in [-0.15, -0.1) is 11.3 Å². The molecule has 0 fully saturated rings. The van der Waals surface area contributed by atoms with Gasteiger partial charge in [-0.3, -0.25) is 0 Å². The third-order valence-corrected chi connectivity index (χ3v) is 5.45. The van der Waals surface area contributed by atoms with E-state index in [9.17, 15) is 0 Å². The monoisotopic (exact) mass is 337 g/mol. The molecule has 1 aromatic heterocycles. The molecule has 1 N–H and O–H groups in total. The van der Waals surface area contributed by atoms with Gasteiger partial charge < -0.3 is 5.32 Å². The molecular weight excluding hydrogens is 318 g/mol. The quantitative estimate of drug-likeness (QED) is 0.662. The van der Waals surface area contributed by atoms with Gasteiger partial charge in [-0.25, -0.2) is 0 Å². The topological polar surface area (TPSA) is 12.0 Å². The minimum atomic E-state index is 0.814. The first-order chi connectivity index (χ1) is 8.17. The molecule has 0 amide bonds. The first kappa shape index (κ1) is 15.5. The fraction of sp³-hybridized carbons (Fsp3) is 0.692. The van der Waals surface area contributed by atoms with Crippen molar-refractivity contribution in [2.75, 3.05) is 6.54 Å². The van der Waals surface area contributed by atoms with E-state index in [1.165, 1.54) is 30.6 Å². The van der Waals surface area contributed by atoms with Crippen molar-refractivity contribution in [3.05, 3.63) is 19.8 Å². The van der Waals surface area contributed by atoms with Gasteiger partial charge in [0.2, 0.25) is 0 Å². The Balaban J connectivity index is 2.26. The lowest BCUT2D eigenvalue weighted by atomic mass is 9.99. The van der Waals surface area contributed by atoms with Crippen LogP contribution in [0.15, 0.2) is 10.5 Å². The predicted octanol–water partition coefficient (Wildman–Crippen LogP) is 5.47. The Hall–Kier alpha value is 0.430. The average Bonchev–Trinajstić information content (AvgIpc) is 2.63. The maximum absolute atomic E-state index is 6.01. The molecule has 1 rings (SSSR count). The molecule has 0 bridgehead atoms. The van der Waals surface area contributed by atoms with Crippen molar-refractivity contribution in [3.8, 4) is 0 Å². The van der Waals surface area contributed by atoms with Gasteiger partial charge in [0, 0.05) is 15.9 Å². The molecule has 0 radical (unpaired) electrons. The first-order valence-corrected chi connectivity index (χ1v) is 8.30. The van der Waals surface area contributed by atoms with Gasteiger partial charge in [0.05, 0.1) is 0 Å². The normalized spacial score (nSPS) is 12.9. The number of rotatable bonds is 8. The number of thiophene rings is 1. The summed E-state index contributed by atoms with van der Waals surface area (Å²) < 4.78 is 1.86. The molecule has 0 saturated carbocycles. The molecule has 1 atom stereocenters. The third-order valence-electron chi connectivity index (χ3n) is 2.97. The summed E-state index contributed by atoms with van der Waals surface area (Å²) in [4.78, 5) is 1.30. The average molecular weight is 339 g/mol. The minimum Gasteiger partial charge on any atom is -0.312 e. The van der Waals surface area contributed by atoms with Gasteiger partial charge in [0.15, 0.2) is 0 Å². The van der Waals surface area contributed by atoms with Crippen LogP contribution in [0.3, 0.4) is 0 Å². The van der Waals surface area contributed by atoms with E-state index in [1.807, 2.05) is 0 Å². The smallest absolute Gasteiger partial charge is 0.107 e. The maximum Gasteiger partial charge on any atom is 0.107 e. The highest BCUT2D eigenvalue weighted by Crippen LogP contribution is 2.31. The lowest BCUT2D eigenvalue weighted by Crippen LogP contribution is -2.21. The van der Waals surface area contributed by atoms with E-state index in [0.717, 1.165) is 27.8 Å². The van der Waals surface area contributed by atoms with Crippen LogP contribution in [-0.2, 0) is 6.54 Å². The highest BCUT2D eigenvalue weighted by atomic mass is 79.9. The zero-order chi connectivity index (χ0) is 12.7. The molecule has 1 unspecified atom stereocenters. The second kappa shape index (κ2) is 8.52. The van der Waals surface area contributed by atoms with E-state index >= 15 is 0 Å². The van der Waals surface area contributed by atoms with Crippen molar-refractivity contribution >= 4 is 38.9 Å². The van der Waals surface area contributed by atoms with Crippen LogP contribution in [0.4, 0.5) is 0 Å². The molecule has 0 aliphatic carbocycles. The molecule has 17 heavy (non-hydrogen) atoms. The van der Waals surface area contributed by atoms with Crippen molar-refractivity contribution in [3.63, 3.8) is 0 Å². The summed E-state index contributed by atoms with van der Waals surface area (Å²) in [6, 6.07) is 2.10. The summed E-state index contributed by atoms with van der Waals surface area (Å²) in [6.07, 6.45) is 5.25. The highest BCUT2D eigenvalue weighted by molar-refractivity contribution is 9.10. The zero-order valence-corrected chi connectivity index (χ0v) is 13.7. The van der Waals surface area contributed by atoms with Crippen LogP contribution < -0.4 is 5.32 Å². The van der Waals surface area contributed by atoms with Crippen LogP contribution in [0.2, 0.25) is 4.34 Å². The first-order valence-electron chi connectivity index (χ1n) is 6.31. The van der Waals surface area contributed by atoms with Crippen LogP contribution in [0.25, 0.3) is 0 Å². The summed E-state index contributed by atoms with van der Waals surface area (Å²) >= 11 is 11.1. The molecule has 0 aromatic carbocycles. The molecule has 0 aliphatic heterocycles. The number of hydrogen-bond acceptors (Lipinski definition) is 2. The summed E-state index contributed by atoms with van der Waals surface area (Å²) in [5.74, 6) is 0.814. The Morgan fingerprint density at radius 1 is 1.47 bits per heavy atom. The fourth-order valence-corrected chi connectivity index (χ4v) is 3.58. The van der Waals surface area contributed by atoms with Crippen molar-refractivity contribution in [2.24, 2.45) is 5.92 Å². The van der Waals surface area contributed by atoms with Crippen LogP contribution in [-0.4, -0.2) is 6.54 Å². The molecule has 1 aromatic rings. The lowest BCUT2D eigenvalue weighted by molar-refractivity contribution is 0.420. The predicted molar refractivity (Wildman–Crippen MR) is 82.0 cm³/mol. The van der Waals surface area contributed by atoms with Crippen molar-refractivity contribution in [1.29, 1.82) is 0 Å². The van der Waals surface area contributed by atoms with Crippen LogP contribution >= 0.6 is 38.9 Å². The summed E-state index contributed by atoms with van der Waals surface area (Å²) in [6.45, 7) is 6.58. The Morgan fingerprint density at radius 2 is 2.24 bits per heavy atom. The molecule has 0 spiro atoms. The van der Waals surface area contributed by atoms with E-state index in [4.69, 9.17) is 11.6 Å². The fourth-order valence-electron chi connectivity index (χ4n) is 1.82. The van der Waals surface area contributed by atoms with E-state index in [2.05, 4.69) is 41.2 Å². The molecule has 0 aliphatic rings. The van der Waals surface area contributed by atoms with Crippen LogP contribution in [0.1, 0.15) is 44.4 Å². The zero-order valence-electron chi connectivity index (χ0n) is 10.6. The summed E-state index contributed by atoms with van der Waals surface area (Å²) in [5.41, 5.74) is 0. The summed E-state index contributed by atoms with van der Waals surface area (Å²) in [7, 11) is 0. The van der Waals surface area contributed by atoms with E-state index in [0.29, 0.717) is 0 Å². The van der Waals surface area contributed by atoms with Crippen molar-refractivity contribution in [1.82, 2.24) is 5.32 Å². The van der Waals surface area contributed by atoms with Crippen LogP contribution in [0, 0.1) is 5.92 Å². The molecule has 1 heterocycles. The Bertz CT molecular complexity index is 308. The standard InChI is InChI=1S/C13H21BrClNS/c1-3-5-6-10(4-2)8-16-9-11-7-12(14)13(15)17-11/h7,10,16H,3-6,8-9H2,1-2H3. The molecule has 98 valence electrons. The number of halogens is 2. The van der Waals surface area contributed by atoms with Gasteiger partial charge >= 0.3 is 0 Å². The Morgan fingerprint density at radius 3 is 2.76 bits per heavy atom. The molecule has 1 nitrogen and oxygen atoms in total. The van der Waals surface area contributed by atoms with Gasteiger partial charge in [-0.05, 0) is 40.9 Å². The number of nitrogens with one attached hydrogen (secondary N) is 1. The van der Waals surface area contributed by atoms with Gasteiger partial charge in [0.1, 0.15) is 4.34 Å². The second-order valence-corrected chi connectivity index (χ2v) is 6.97. The second-order valence-electron chi connectivity index (χ2n) is 4.38. The number of unbranched alkanes of at least 4 members (excludes halogenated alkanes) is 1. The molecule has 0 saturated heterocycles.